The Hall–Kier alpha value is -1.04. The van der Waals surface area contributed by atoms with E-state index >= 15 is 0 Å². The molecule has 0 saturated carbocycles. The second-order valence-corrected chi connectivity index (χ2v) is 11.0. The van der Waals surface area contributed by atoms with Crippen molar-refractivity contribution in [3.05, 3.63) is 18.2 Å². The minimum absolute atomic E-state index is 0.121. The SMILES string of the molecule is CC(C)OP(=S)(NC(=S)Nc1cccc2c1OCCOCCOCCOCCO2)OC(C)C. The molecule has 0 aliphatic carbocycles. The van der Waals surface area contributed by atoms with Crippen molar-refractivity contribution >= 4 is 41.5 Å². The maximum Gasteiger partial charge on any atom is 0.289 e. The zero-order chi connectivity index (χ0) is 24.1. The molecule has 1 aliphatic rings. The fourth-order valence-electron chi connectivity index (χ4n) is 2.74. The molecule has 0 bridgehead atoms. The lowest BCUT2D eigenvalue weighted by molar-refractivity contribution is 0.00709. The van der Waals surface area contributed by atoms with Crippen LogP contribution in [0.15, 0.2) is 18.2 Å². The molecule has 0 saturated heterocycles. The van der Waals surface area contributed by atoms with Crippen LogP contribution >= 0.6 is 18.9 Å². The third-order valence-electron chi connectivity index (χ3n) is 3.87. The third-order valence-corrected chi connectivity index (χ3v) is 6.91. The van der Waals surface area contributed by atoms with Gasteiger partial charge in [-0.2, -0.15) is 0 Å². The number of benzene rings is 1. The standard InChI is InChI=1S/C21H35N2O7PS2/c1-16(2)29-31(33,30-17(3)4)23-21(32)22-18-6-5-7-19-20(18)28-15-13-26-11-9-24-8-10-25-12-14-27-19/h5-7,16-17H,8-15H2,1-4H3,(H2,22,23,32,33). The number of para-hydroxylation sites is 1. The monoisotopic (exact) mass is 522 g/mol. The number of fused-ring (bicyclic) bond motifs is 1. The Kier molecular flexibility index (Phi) is 12.9. The summed E-state index contributed by atoms with van der Waals surface area (Å²) in [7, 11) is 0. The molecule has 0 aromatic heterocycles. The van der Waals surface area contributed by atoms with Crippen LogP contribution in [-0.2, 0) is 35.1 Å². The third kappa shape index (κ3) is 11.3. The molecule has 0 spiro atoms. The van der Waals surface area contributed by atoms with E-state index in [1.807, 2.05) is 45.9 Å². The number of hydrogen-bond acceptors (Lipinski definition) is 9. The number of rotatable bonds is 6. The van der Waals surface area contributed by atoms with E-state index in [4.69, 9.17) is 56.8 Å². The van der Waals surface area contributed by atoms with Gasteiger partial charge in [0, 0.05) is 0 Å². The summed E-state index contributed by atoms with van der Waals surface area (Å²) in [5, 5.41) is 6.46. The summed E-state index contributed by atoms with van der Waals surface area (Å²) in [4.78, 5) is 0. The molecule has 2 rings (SSSR count). The van der Waals surface area contributed by atoms with Crippen LogP contribution in [-0.4, -0.2) is 70.2 Å². The molecule has 1 aromatic rings. The van der Waals surface area contributed by atoms with E-state index in [2.05, 4.69) is 10.4 Å². The van der Waals surface area contributed by atoms with Crippen LogP contribution in [0.4, 0.5) is 5.69 Å². The Morgan fingerprint density at radius 2 is 1.36 bits per heavy atom. The van der Waals surface area contributed by atoms with Crippen molar-refractivity contribution in [2.75, 3.05) is 58.2 Å². The van der Waals surface area contributed by atoms with E-state index in [9.17, 15) is 0 Å². The molecule has 0 amide bonds. The van der Waals surface area contributed by atoms with Gasteiger partial charge in [-0.25, -0.2) is 0 Å². The second kappa shape index (κ2) is 15.1. The molecule has 0 fully saturated rings. The molecule has 188 valence electrons. The first kappa shape index (κ1) is 28.2. The van der Waals surface area contributed by atoms with Crippen molar-refractivity contribution < 1.29 is 32.7 Å². The molecular weight excluding hydrogens is 487 g/mol. The van der Waals surface area contributed by atoms with Crippen molar-refractivity contribution in [3.63, 3.8) is 0 Å². The summed E-state index contributed by atoms with van der Waals surface area (Å²) in [6.07, 6.45) is -0.242. The first-order chi connectivity index (χ1) is 15.8. The average molecular weight is 523 g/mol. The summed E-state index contributed by atoms with van der Waals surface area (Å²) in [6, 6.07) is 5.51. The van der Waals surface area contributed by atoms with Gasteiger partial charge < -0.3 is 38.0 Å². The molecule has 0 unspecified atom stereocenters. The zero-order valence-corrected chi connectivity index (χ0v) is 22.2. The Balaban J connectivity index is 2.13. The molecule has 0 atom stereocenters. The van der Waals surface area contributed by atoms with E-state index in [0.717, 1.165) is 0 Å². The first-order valence-electron chi connectivity index (χ1n) is 11.0. The second-order valence-electron chi connectivity index (χ2n) is 7.54. The summed E-state index contributed by atoms with van der Waals surface area (Å²) < 4.78 is 40.1. The van der Waals surface area contributed by atoms with Gasteiger partial charge in [0.2, 0.25) is 0 Å². The number of ether oxygens (including phenoxy) is 5. The average Bonchev–Trinajstić information content (AvgIpc) is 2.71. The molecule has 2 N–H and O–H groups in total. The molecule has 1 heterocycles. The largest absolute Gasteiger partial charge is 0.487 e. The van der Waals surface area contributed by atoms with E-state index in [-0.39, 0.29) is 17.3 Å². The van der Waals surface area contributed by atoms with Crippen molar-refractivity contribution in [3.8, 4) is 11.5 Å². The smallest absolute Gasteiger partial charge is 0.289 e. The predicted molar refractivity (Wildman–Crippen MR) is 136 cm³/mol. The highest BCUT2D eigenvalue weighted by Crippen LogP contribution is 2.47. The quantitative estimate of drug-likeness (QED) is 0.422. The van der Waals surface area contributed by atoms with Crippen molar-refractivity contribution in [2.45, 2.75) is 39.9 Å². The predicted octanol–water partition coefficient (Wildman–Crippen LogP) is 3.87. The lowest BCUT2D eigenvalue weighted by Crippen LogP contribution is -2.29. The van der Waals surface area contributed by atoms with Crippen molar-refractivity contribution in [1.82, 2.24) is 5.09 Å². The summed E-state index contributed by atoms with van der Waals surface area (Å²) in [5.74, 6) is 1.08. The van der Waals surface area contributed by atoms with Gasteiger partial charge in [0.1, 0.15) is 13.2 Å². The van der Waals surface area contributed by atoms with Crippen LogP contribution in [0.2, 0.25) is 0 Å². The van der Waals surface area contributed by atoms with Crippen LogP contribution in [0.5, 0.6) is 11.5 Å². The molecule has 1 aromatic carbocycles. The maximum atomic E-state index is 5.99. The van der Waals surface area contributed by atoms with Gasteiger partial charge in [-0.3, -0.25) is 5.09 Å². The zero-order valence-electron chi connectivity index (χ0n) is 19.7. The van der Waals surface area contributed by atoms with Gasteiger partial charge in [0.05, 0.1) is 57.5 Å². The fourth-order valence-corrected chi connectivity index (χ4v) is 6.26. The van der Waals surface area contributed by atoms with Crippen LogP contribution in [0, 0.1) is 0 Å². The minimum atomic E-state index is -2.85. The molecule has 9 nitrogen and oxygen atoms in total. The molecule has 12 heteroatoms. The molecule has 33 heavy (non-hydrogen) atoms. The highest BCUT2D eigenvalue weighted by molar-refractivity contribution is 8.09. The van der Waals surface area contributed by atoms with Gasteiger partial charge in [0.25, 0.3) is 6.64 Å². The van der Waals surface area contributed by atoms with Gasteiger partial charge >= 0.3 is 0 Å². The van der Waals surface area contributed by atoms with Gasteiger partial charge in [-0.05, 0) is 63.9 Å². The van der Waals surface area contributed by atoms with E-state index in [0.29, 0.717) is 70.0 Å². The van der Waals surface area contributed by atoms with E-state index in [1.54, 1.807) is 0 Å². The number of nitrogens with one attached hydrogen (secondary N) is 2. The van der Waals surface area contributed by atoms with Crippen molar-refractivity contribution in [1.29, 1.82) is 0 Å². The summed E-state index contributed by atoms with van der Waals surface area (Å²) >= 11 is 11.2. The van der Waals surface area contributed by atoms with Crippen LogP contribution in [0.25, 0.3) is 0 Å². The van der Waals surface area contributed by atoms with Crippen LogP contribution < -0.4 is 19.9 Å². The number of anilines is 1. The lowest BCUT2D eigenvalue weighted by Gasteiger charge is -2.28. The molecule has 0 radical (unpaired) electrons. The Bertz CT molecular complexity index is 769. The fraction of sp³-hybridized carbons (Fsp3) is 0.667. The van der Waals surface area contributed by atoms with E-state index < -0.39 is 6.64 Å². The highest BCUT2D eigenvalue weighted by atomic mass is 32.5. The summed E-state index contributed by atoms with van der Waals surface area (Å²) in [6.45, 7) is 8.28. The van der Waals surface area contributed by atoms with Crippen molar-refractivity contribution in [2.24, 2.45) is 0 Å². The Morgan fingerprint density at radius 1 is 0.848 bits per heavy atom. The molecule has 1 aliphatic heterocycles. The Morgan fingerprint density at radius 3 is 1.91 bits per heavy atom. The maximum absolute atomic E-state index is 5.99. The highest BCUT2D eigenvalue weighted by Gasteiger charge is 2.24. The minimum Gasteiger partial charge on any atom is -0.487 e. The van der Waals surface area contributed by atoms with Crippen LogP contribution in [0.1, 0.15) is 27.7 Å². The molecular formula is C21H35N2O7PS2. The first-order valence-corrected chi connectivity index (χ1v) is 14.0. The van der Waals surface area contributed by atoms with Gasteiger partial charge in [0.15, 0.2) is 16.6 Å². The summed E-state index contributed by atoms with van der Waals surface area (Å²) in [5.41, 5.74) is 0.620. The van der Waals surface area contributed by atoms with Gasteiger partial charge in [-0.15, -0.1) is 0 Å². The number of thiocarbonyl (C=S) groups is 1. The Labute approximate surface area is 207 Å². The van der Waals surface area contributed by atoms with Crippen LogP contribution in [0.3, 0.4) is 0 Å². The topological polar surface area (TPSA) is 88.7 Å². The normalized spacial score (nSPS) is 16.7. The number of hydrogen-bond donors (Lipinski definition) is 2. The van der Waals surface area contributed by atoms with Gasteiger partial charge in [-0.1, -0.05) is 6.07 Å². The lowest BCUT2D eigenvalue weighted by atomic mass is 10.2. The van der Waals surface area contributed by atoms with E-state index in [1.165, 1.54) is 0 Å².